The summed E-state index contributed by atoms with van der Waals surface area (Å²) in [5.41, 5.74) is 0. The Hall–Kier alpha value is -0.860. The van der Waals surface area contributed by atoms with E-state index in [1.807, 2.05) is 0 Å². The molecule has 18 heavy (non-hydrogen) atoms. The van der Waals surface area contributed by atoms with E-state index in [-0.39, 0.29) is 0 Å². The van der Waals surface area contributed by atoms with Gasteiger partial charge in [0.15, 0.2) is 5.96 Å². The largest absolute Gasteiger partial charge is 0.373 e. The van der Waals surface area contributed by atoms with Crippen LogP contribution in [0.5, 0.6) is 0 Å². The van der Waals surface area contributed by atoms with Gasteiger partial charge in [-0.3, -0.25) is 4.99 Å². The average molecular weight is 267 g/mol. The fraction of sp³-hybridized carbons (Fsp3) is 0.769. The predicted molar refractivity (Wildman–Crippen MR) is 77.0 cm³/mol. The number of hydrogen-bond donors (Lipinski definition) is 2. The van der Waals surface area contributed by atoms with E-state index in [0.29, 0.717) is 18.2 Å². The highest BCUT2D eigenvalue weighted by atomic mass is 32.2. The number of fused-ring (bicyclic) bond motifs is 2. The summed E-state index contributed by atoms with van der Waals surface area (Å²) in [4.78, 5) is 4.24. The van der Waals surface area contributed by atoms with Crippen molar-refractivity contribution in [2.45, 2.75) is 37.5 Å². The molecule has 2 bridgehead atoms. The van der Waals surface area contributed by atoms with Crippen molar-refractivity contribution in [2.24, 2.45) is 4.99 Å². The summed E-state index contributed by atoms with van der Waals surface area (Å²) >= 11 is 1.75. The van der Waals surface area contributed by atoms with Gasteiger partial charge in [0.1, 0.15) is 0 Å². The SMILES string of the molecule is C#CCSCCNC(=NC)NC1CC2CCC1O2. The minimum atomic E-state index is 0.379. The second-order valence-electron chi connectivity index (χ2n) is 4.62. The molecule has 0 spiro atoms. The lowest BCUT2D eigenvalue weighted by Gasteiger charge is -2.22. The molecule has 2 rings (SSSR count). The van der Waals surface area contributed by atoms with Crippen molar-refractivity contribution in [3.63, 3.8) is 0 Å². The Morgan fingerprint density at radius 1 is 1.56 bits per heavy atom. The monoisotopic (exact) mass is 267 g/mol. The number of nitrogens with one attached hydrogen (secondary N) is 2. The minimum Gasteiger partial charge on any atom is -0.373 e. The van der Waals surface area contributed by atoms with Gasteiger partial charge in [-0.05, 0) is 19.3 Å². The number of thioether (sulfide) groups is 1. The number of ether oxygens (including phenoxy) is 1. The summed E-state index contributed by atoms with van der Waals surface area (Å²) in [6, 6.07) is 0.424. The molecule has 2 heterocycles. The van der Waals surface area contributed by atoms with Crippen LogP contribution in [0.4, 0.5) is 0 Å². The van der Waals surface area contributed by atoms with Crippen LogP contribution in [0.25, 0.3) is 0 Å². The summed E-state index contributed by atoms with van der Waals surface area (Å²) in [5, 5.41) is 6.76. The Kier molecular flexibility index (Phi) is 5.21. The van der Waals surface area contributed by atoms with Crippen molar-refractivity contribution in [2.75, 3.05) is 25.1 Å². The molecule has 2 fully saturated rings. The van der Waals surface area contributed by atoms with Gasteiger partial charge in [0.05, 0.1) is 24.0 Å². The first kappa shape index (κ1) is 13.6. The van der Waals surface area contributed by atoms with E-state index < -0.39 is 0 Å². The molecular formula is C13H21N3OS. The molecule has 2 aliphatic heterocycles. The number of terminal acetylenes is 1. The topological polar surface area (TPSA) is 45.7 Å². The lowest BCUT2D eigenvalue weighted by molar-refractivity contribution is 0.0992. The molecule has 0 radical (unpaired) electrons. The summed E-state index contributed by atoms with van der Waals surface area (Å²) in [5.74, 6) is 5.26. The summed E-state index contributed by atoms with van der Waals surface area (Å²) < 4.78 is 5.82. The predicted octanol–water partition coefficient (Wildman–Crippen LogP) is 0.838. The highest BCUT2D eigenvalue weighted by Crippen LogP contribution is 2.34. The second kappa shape index (κ2) is 6.91. The normalized spacial score (nSPS) is 30.2. The molecule has 0 aromatic carbocycles. The molecule has 5 heteroatoms. The molecule has 3 atom stereocenters. The van der Waals surface area contributed by atoms with E-state index in [2.05, 4.69) is 21.5 Å². The zero-order valence-corrected chi connectivity index (χ0v) is 11.6. The molecule has 4 nitrogen and oxygen atoms in total. The van der Waals surface area contributed by atoms with Gasteiger partial charge in [0.2, 0.25) is 0 Å². The van der Waals surface area contributed by atoms with Crippen molar-refractivity contribution in [3.05, 3.63) is 0 Å². The van der Waals surface area contributed by atoms with E-state index in [1.54, 1.807) is 18.8 Å². The van der Waals surface area contributed by atoms with Crippen molar-refractivity contribution in [3.8, 4) is 12.3 Å². The van der Waals surface area contributed by atoms with Crippen LogP contribution in [0.15, 0.2) is 4.99 Å². The van der Waals surface area contributed by atoms with Gasteiger partial charge in [-0.15, -0.1) is 18.2 Å². The van der Waals surface area contributed by atoms with Gasteiger partial charge in [-0.2, -0.15) is 0 Å². The number of guanidine groups is 1. The van der Waals surface area contributed by atoms with Crippen LogP contribution in [-0.4, -0.2) is 49.3 Å². The number of nitrogens with zero attached hydrogens (tertiary/aromatic N) is 1. The Morgan fingerprint density at radius 3 is 3.06 bits per heavy atom. The molecule has 0 aromatic heterocycles. The van der Waals surface area contributed by atoms with Gasteiger partial charge in [-0.25, -0.2) is 0 Å². The first-order valence-corrected chi connectivity index (χ1v) is 7.63. The number of rotatable bonds is 5. The van der Waals surface area contributed by atoms with Crippen LogP contribution in [0, 0.1) is 12.3 Å². The molecule has 0 aliphatic carbocycles. The highest BCUT2D eigenvalue weighted by Gasteiger charge is 2.40. The first-order valence-electron chi connectivity index (χ1n) is 6.47. The number of aliphatic imine (C=N–C) groups is 1. The van der Waals surface area contributed by atoms with E-state index in [1.165, 1.54) is 12.8 Å². The van der Waals surface area contributed by atoms with E-state index in [0.717, 1.165) is 30.4 Å². The molecule has 0 amide bonds. The van der Waals surface area contributed by atoms with Crippen LogP contribution in [0.2, 0.25) is 0 Å². The molecule has 2 N–H and O–H groups in total. The standard InChI is InChI=1S/C13H21N3OS/c1-3-7-18-8-6-15-13(14-2)16-11-9-10-4-5-12(11)17-10/h1,10-12H,4-9H2,2H3,(H2,14,15,16). The minimum absolute atomic E-state index is 0.379. The van der Waals surface area contributed by atoms with Gasteiger partial charge in [0.25, 0.3) is 0 Å². The summed E-state index contributed by atoms with van der Waals surface area (Å²) in [7, 11) is 1.80. The van der Waals surface area contributed by atoms with Crippen molar-refractivity contribution in [1.29, 1.82) is 0 Å². The van der Waals surface area contributed by atoms with Crippen molar-refractivity contribution >= 4 is 17.7 Å². The smallest absolute Gasteiger partial charge is 0.191 e. The lowest BCUT2D eigenvalue weighted by atomic mass is 9.96. The summed E-state index contributed by atoms with van der Waals surface area (Å²) in [6.45, 7) is 0.883. The lowest BCUT2D eigenvalue weighted by Crippen LogP contribution is -2.47. The maximum absolute atomic E-state index is 5.82. The van der Waals surface area contributed by atoms with Gasteiger partial charge < -0.3 is 15.4 Å². The van der Waals surface area contributed by atoms with Crippen LogP contribution in [-0.2, 0) is 4.74 Å². The van der Waals surface area contributed by atoms with Crippen LogP contribution >= 0.6 is 11.8 Å². The Labute approximate surface area is 113 Å². The summed E-state index contributed by atoms with van der Waals surface area (Å²) in [6.07, 6.45) is 9.55. The maximum Gasteiger partial charge on any atom is 0.191 e. The first-order chi connectivity index (χ1) is 8.83. The molecular weight excluding hydrogens is 246 g/mol. The molecule has 2 aliphatic rings. The molecule has 3 unspecified atom stereocenters. The van der Waals surface area contributed by atoms with Gasteiger partial charge in [0, 0.05) is 19.3 Å². The van der Waals surface area contributed by atoms with E-state index in [9.17, 15) is 0 Å². The zero-order chi connectivity index (χ0) is 12.8. The van der Waals surface area contributed by atoms with Crippen LogP contribution in [0.1, 0.15) is 19.3 Å². The maximum atomic E-state index is 5.82. The average Bonchev–Trinajstić information content (AvgIpc) is 2.99. The Bertz CT molecular complexity index is 340. The van der Waals surface area contributed by atoms with Gasteiger partial charge >= 0.3 is 0 Å². The molecule has 100 valence electrons. The van der Waals surface area contributed by atoms with Crippen LogP contribution in [0.3, 0.4) is 0 Å². The third-order valence-electron chi connectivity index (χ3n) is 3.38. The third kappa shape index (κ3) is 3.56. The molecule has 2 saturated heterocycles. The zero-order valence-electron chi connectivity index (χ0n) is 10.8. The Morgan fingerprint density at radius 2 is 2.44 bits per heavy atom. The fourth-order valence-electron chi connectivity index (χ4n) is 2.53. The Balaban J connectivity index is 1.65. The fourth-order valence-corrected chi connectivity index (χ4v) is 3.04. The number of hydrogen-bond acceptors (Lipinski definition) is 3. The van der Waals surface area contributed by atoms with Crippen molar-refractivity contribution < 1.29 is 4.74 Å². The van der Waals surface area contributed by atoms with Crippen molar-refractivity contribution in [1.82, 2.24) is 10.6 Å². The molecule has 0 saturated carbocycles. The molecule has 0 aromatic rings. The second-order valence-corrected chi connectivity index (χ2v) is 5.72. The van der Waals surface area contributed by atoms with E-state index in [4.69, 9.17) is 11.2 Å². The quantitative estimate of drug-likeness (QED) is 0.335. The van der Waals surface area contributed by atoms with Gasteiger partial charge in [-0.1, -0.05) is 5.92 Å². The van der Waals surface area contributed by atoms with E-state index >= 15 is 0 Å². The highest BCUT2D eigenvalue weighted by molar-refractivity contribution is 7.99. The van der Waals surface area contributed by atoms with Crippen LogP contribution < -0.4 is 10.6 Å². The third-order valence-corrected chi connectivity index (χ3v) is 4.24.